The molecule has 1 saturated carbocycles. The van der Waals surface area contributed by atoms with Crippen molar-refractivity contribution in [2.75, 3.05) is 70.6 Å². The highest BCUT2D eigenvalue weighted by Crippen LogP contribution is 2.50. The Balaban J connectivity index is 0.000000420. The molecule has 0 bridgehead atoms. The maximum atomic E-state index is 12.3. The van der Waals surface area contributed by atoms with Crippen LogP contribution in [0.2, 0.25) is 0 Å². The third kappa shape index (κ3) is 23.0. The van der Waals surface area contributed by atoms with Gasteiger partial charge in [-0.15, -0.1) is 0 Å². The molecule has 0 heterocycles. The lowest BCUT2D eigenvalue weighted by molar-refractivity contribution is -0.129. The van der Waals surface area contributed by atoms with Crippen molar-refractivity contribution in [2.45, 2.75) is 79.6 Å². The summed E-state index contributed by atoms with van der Waals surface area (Å²) in [6, 6.07) is 11.7. The van der Waals surface area contributed by atoms with Crippen LogP contribution in [0.1, 0.15) is 89.9 Å². The van der Waals surface area contributed by atoms with Crippen LogP contribution in [0.15, 0.2) is 79.5 Å². The van der Waals surface area contributed by atoms with Crippen molar-refractivity contribution in [3.8, 4) is 11.5 Å². The van der Waals surface area contributed by atoms with Gasteiger partial charge >= 0.3 is 0 Å². The molecule has 1 aliphatic carbocycles. The molecule has 0 aromatic heterocycles. The van der Waals surface area contributed by atoms with Crippen molar-refractivity contribution in [3.63, 3.8) is 0 Å². The molecule has 3 N–H and O–H groups in total. The maximum Gasteiger partial charge on any atom is 0.251 e. The molecule has 0 unspecified atom stereocenters. The monoisotopic (exact) mass is 853 g/mol. The van der Waals surface area contributed by atoms with Crippen molar-refractivity contribution in [3.05, 3.63) is 85.0 Å². The summed E-state index contributed by atoms with van der Waals surface area (Å²) in [6.07, 6.45) is 3.74. The first-order valence-corrected chi connectivity index (χ1v) is 20.1. The van der Waals surface area contributed by atoms with Gasteiger partial charge in [0.25, 0.3) is 5.91 Å². The Kier molecular flexibility index (Phi) is 24.2. The first-order valence-electron chi connectivity index (χ1n) is 20.1. The SMILES string of the molecule is C=C(C)OCOCCCCNC(=O)c1cccc(NC(=O)CC(=O)C2(CC)CC2)c1.C=C(C)OCOCCOc1ccc(OCCOCOC(=C)C)c(NC(=O)CC(C)=O)c1. The maximum absolute atomic E-state index is 12.3. The lowest BCUT2D eigenvalue weighted by atomic mass is 9.95. The Hall–Kier alpha value is -5.71. The summed E-state index contributed by atoms with van der Waals surface area (Å²) in [4.78, 5) is 60.0. The number of hydrogen-bond donors (Lipinski definition) is 3. The molecule has 336 valence electrons. The molecule has 0 aliphatic heterocycles. The van der Waals surface area contributed by atoms with E-state index in [0.29, 0.717) is 65.5 Å². The Labute approximate surface area is 359 Å². The Bertz CT molecular complexity index is 1770. The van der Waals surface area contributed by atoms with Crippen LogP contribution in [-0.4, -0.2) is 89.2 Å². The number of unbranched alkanes of at least 4 members (excludes halogenated alkanes) is 1. The van der Waals surface area contributed by atoms with Gasteiger partial charge in [0.05, 0.1) is 55.6 Å². The van der Waals surface area contributed by atoms with Crippen LogP contribution in [0.25, 0.3) is 0 Å². The average molecular weight is 854 g/mol. The van der Waals surface area contributed by atoms with Crippen molar-refractivity contribution >= 4 is 40.7 Å². The number of benzene rings is 2. The van der Waals surface area contributed by atoms with E-state index in [1.54, 1.807) is 63.2 Å². The predicted octanol–water partition coefficient (Wildman–Crippen LogP) is 7.22. The van der Waals surface area contributed by atoms with Gasteiger partial charge in [0.1, 0.15) is 36.3 Å². The number of ketones is 2. The summed E-state index contributed by atoms with van der Waals surface area (Å²) in [6.45, 7) is 21.9. The quantitative estimate of drug-likeness (QED) is 0.0298. The third-order valence-corrected chi connectivity index (χ3v) is 8.63. The van der Waals surface area contributed by atoms with E-state index in [9.17, 15) is 24.0 Å². The zero-order chi connectivity index (χ0) is 45.0. The van der Waals surface area contributed by atoms with Crippen LogP contribution in [0.5, 0.6) is 11.5 Å². The number of anilines is 2. The lowest BCUT2D eigenvalue weighted by Crippen LogP contribution is -2.25. The van der Waals surface area contributed by atoms with Crippen LogP contribution < -0.4 is 25.4 Å². The number of nitrogens with one attached hydrogen (secondary N) is 3. The topological polar surface area (TPSA) is 195 Å². The van der Waals surface area contributed by atoms with Gasteiger partial charge in [0.15, 0.2) is 20.4 Å². The van der Waals surface area contributed by atoms with Gasteiger partial charge in [0.2, 0.25) is 11.8 Å². The van der Waals surface area contributed by atoms with E-state index >= 15 is 0 Å². The fourth-order valence-corrected chi connectivity index (χ4v) is 5.17. The molecular formula is C45H63N3O13. The van der Waals surface area contributed by atoms with Crippen molar-refractivity contribution < 1.29 is 61.9 Å². The molecule has 0 saturated heterocycles. The summed E-state index contributed by atoms with van der Waals surface area (Å²) in [5, 5.41) is 8.24. The number of hydrogen-bond acceptors (Lipinski definition) is 13. The number of amides is 3. The van der Waals surface area contributed by atoms with Gasteiger partial charge in [-0.2, -0.15) is 0 Å². The highest BCUT2D eigenvalue weighted by Gasteiger charge is 2.47. The fraction of sp³-hybridized carbons (Fsp3) is 0.489. The molecule has 0 atom stereocenters. The number of carbonyl (C=O) groups is 5. The van der Waals surface area contributed by atoms with E-state index in [0.717, 1.165) is 32.1 Å². The van der Waals surface area contributed by atoms with Crippen LogP contribution in [0.3, 0.4) is 0 Å². The Morgan fingerprint density at radius 2 is 1.26 bits per heavy atom. The van der Waals surface area contributed by atoms with Crippen LogP contribution in [0, 0.1) is 5.41 Å². The van der Waals surface area contributed by atoms with Gasteiger partial charge in [-0.05, 0) is 90.1 Å². The summed E-state index contributed by atoms with van der Waals surface area (Å²) in [7, 11) is 0. The molecule has 1 fully saturated rings. The Morgan fingerprint density at radius 1 is 0.672 bits per heavy atom. The standard InChI is InChI=1S/C23H32N2O5.C22H31NO8/c1-4-23(10-11-23)20(26)15-21(27)25-19-9-7-8-18(14-19)22(28)24-12-5-6-13-29-16-30-17(2)3;1-16(2)30-14-26-8-10-28-19-6-7-21(29-11-9-27-15-31-17(3)4)20(13-19)23-22(25)12-18(5)24/h7-9,14H,2,4-6,10-13,15-16H2,1,3H3,(H,24,28)(H,25,27);6-7,13H,1,3,8-12,14-15H2,2,4-5H3,(H,23,25). The molecule has 0 radical (unpaired) electrons. The minimum atomic E-state index is -0.444. The number of carbonyl (C=O) groups excluding carboxylic acids is 5. The molecular weight excluding hydrogens is 791 g/mol. The number of rotatable bonds is 31. The highest BCUT2D eigenvalue weighted by molar-refractivity contribution is 6.07. The van der Waals surface area contributed by atoms with E-state index < -0.39 is 5.91 Å². The van der Waals surface area contributed by atoms with Crippen molar-refractivity contribution in [2.24, 2.45) is 5.41 Å². The molecule has 3 amide bonds. The van der Waals surface area contributed by atoms with Gasteiger partial charge in [0, 0.05) is 29.3 Å². The molecule has 2 aromatic carbocycles. The summed E-state index contributed by atoms with van der Waals surface area (Å²) in [5.74, 6) is 1.42. The second-order valence-corrected chi connectivity index (χ2v) is 14.2. The van der Waals surface area contributed by atoms with E-state index in [4.69, 9.17) is 37.9 Å². The van der Waals surface area contributed by atoms with Gasteiger partial charge in [-0.25, -0.2) is 0 Å². The molecule has 1 aliphatic rings. The van der Waals surface area contributed by atoms with E-state index in [-0.39, 0.29) is 81.8 Å². The minimum absolute atomic E-state index is 0.00608. The number of Topliss-reactive ketones (excluding diaryl/α,β-unsaturated/α-hetero) is 2. The molecule has 2 aromatic rings. The second-order valence-electron chi connectivity index (χ2n) is 14.2. The molecule has 16 heteroatoms. The summed E-state index contributed by atoms with van der Waals surface area (Å²) >= 11 is 0. The summed E-state index contributed by atoms with van der Waals surface area (Å²) in [5.41, 5.74) is 1.07. The summed E-state index contributed by atoms with van der Waals surface area (Å²) < 4.78 is 42.4. The van der Waals surface area contributed by atoms with Crippen molar-refractivity contribution in [1.29, 1.82) is 0 Å². The van der Waals surface area contributed by atoms with Gasteiger partial charge in [-0.3, -0.25) is 24.0 Å². The molecule has 61 heavy (non-hydrogen) atoms. The van der Waals surface area contributed by atoms with Gasteiger partial charge < -0.3 is 53.8 Å². The zero-order valence-electron chi connectivity index (χ0n) is 36.3. The third-order valence-electron chi connectivity index (χ3n) is 8.63. The van der Waals surface area contributed by atoms with Crippen LogP contribution >= 0.6 is 0 Å². The fourth-order valence-electron chi connectivity index (χ4n) is 5.17. The zero-order valence-corrected chi connectivity index (χ0v) is 36.3. The largest absolute Gasteiger partial charge is 0.491 e. The molecule has 3 rings (SSSR count). The highest BCUT2D eigenvalue weighted by atomic mass is 16.7. The van der Waals surface area contributed by atoms with Crippen molar-refractivity contribution in [1.82, 2.24) is 5.32 Å². The second kappa shape index (κ2) is 28.7. The van der Waals surface area contributed by atoms with E-state index in [1.807, 2.05) is 6.92 Å². The van der Waals surface area contributed by atoms with Crippen LogP contribution in [0.4, 0.5) is 11.4 Å². The smallest absolute Gasteiger partial charge is 0.251 e. The normalized spacial score (nSPS) is 12.0. The van der Waals surface area contributed by atoms with E-state index in [2.05, 4.69) is 35.7 Å². The molecule has 0 spiro atoms. The number of ether oxygens (including phenoxy) is 8. The van der Waals surface area contributed by atoms with Gasteiger partial charge in [-0.1, -0.05) is 32.7 Å². The number of allylic oxidation sites excluding steroid dienone is 3. The molecule has 16 nitrogen and oxygen atoms in total. The predicted molar refractivity (Wildman–Crippen MR) is 230 cm³/mol. The first kappa shape index (κ1) is 51.4. The van der Waals surface area contributed by atoms with E-state index in [1.165, 1.54) is 6.92 Å². The average Bonchev–Trinajstić information content (AvgIpc) is 4.00. The van der Waals surface area contributed by atoms with Crippen LogP contribution in [-0.2, 0) is 47.6 Å². The lowest BCUT2D eigenvalue weighted by Gasteiger charge is -2.15. The first-order chi connectivity index (χ1) is 29.1. The minimum Gasteiger partial charge on any atom is -0.491 e. The Morgan fingerprint density at radius 3 is 1.84 bits per heavy atom.